The van der Waals surface area contributed by atoms with E-state index in [0.717, 1.165) is 10.5 Å². The molecule has 8 rings (SSSR count). The first-order chi connectivity index (χ1) is 27.1. The van der Waals surface area contributed by atoms with E-state index >= 15 is 0 Å². The Hall–Kier alpha value is -5.88. The van der Waals surface area contributed by atoms with Crippen molar-refractivity contribution in [3.05, 3.63) is 146 Å². The predicted octanol–water partition coefficient (Wildman–Crippen LogP) is 9.23. The van der Waals surface area contributed by atoms with Gasteiger partial charge in [-0.05, 0) is 104 Å². The van der Waals surface area contributed by atoms with Gasteiger partial charge in [-0.25, -0.2) is 9.59 Å². The van der Waals surface area contributed by atoms with Crippen molar-refractivity contribution in [2.24, 2.45) is 0 Å². The summed E-state index contributed by atoms with van der Waals surface area (Å²) >= 11 is 0. The lowest BCUT2D eigenvalue weighted by Crippen LogP contribution is -2.21. The highest BCUT2D eigenvalue weighted by atomic mass is 32.3. The molecule has 2 atom stereocenters. The molecule has 2 heterocycles. The number of carbonyl (C=O) groups excluding carboxylic acids is 2. The van der Waals surface area contributed by atoms with Crippen LogP contribution in [0.25, 0.3) is 33.4 Å². The minimum Gasteiger partial charge on any atom is -0.479 e. The summed E-state index contributed by atoms with van der Waals surface area (Å²) in [5.41, 5.74) is 2.99. The highest BCUT2D eigenvalue weighted by Crippen LogP contribution is 2.66. The molecule has 284 valence electrons. The summed E-state index contributed by atoms with van der Waals surface area (Å²) in [4.78, 5) is 27.5. The van der Waals surface area contributed by atoms with Gasteiger partial charge < -0.3 is 18.9 Å². The molecule has 9 nitrogen and oxygen atoms in total. The van der Waals surface area contributed by atoms with E-state index in [-0.39, 0.29) is 22.6 Å². The number of ether oxygens (including phenoxy) is 4. The van der Waals surface area contributed by atoms with E-state index < -0.39 is 44.3 Å². The molecule has 6 aromatic rings. The number of rotatable bonds is 11. The molecular formula is C45H38O9S2. The van der Waals surface area contributed by atoms with Crippen molar-refractivity contribution in [1.82, 2.24) is 0 Å². The lowest BCUT2D eigenvalue weighted by molar-refractivity contribution is -0.144. The van der Waals surface area contributed by atoms with Crippen LogP contribution in [0.3, 0.4) is 0 Å². The standard InChI is InChI=1S/C45H38O9S2/c1-55(34-11-4-2-5-12-34,35-13-6-3-7-14-35)36-15-8-10-31(28-36)40-29-33(54-42-25-27-52-45(42)47)22-23-38(40)39-17-9-16-37(43(39)56(48,49)50)30-18-20-32(21-19-30)53-41-24-26-51-44(41)46/h2-23,28-29,41-42H,24-27H2,1H3,(H,48,49,50). The summed E-state index contributed by atoms with van der Waals surface area (Å²) in [5.74, 6) is -0.0390. The highest BCUT2D eigenvalue weighted by Gasteiger charge is 2.31. The zero-order valence-corrected chi connectivity index (χ0v) is 32.0. The third-order valence-electron chi connectivity index (χ3n) is 10.1. The Morgan fingerprint density at radius 1 is 0.536 bits per heavy atom. The molecule has 2 unspecified atom stereocenters. The summed E-state index contributed by atoms with van der Waals surface area (Å²) in [6.07, 6.45) is 1.63. The number of cyclic esters (lactones) is 2. The van der Waals surface area contributed by atoms with Crippen molar-refractivity contribution in [3.8, 4) is 44.9 Å². The second-order valence-corrected chi connectivity index (χ2v) is 18.2. The fourth-order valence-electron chi connectivity index (χ4n) is 7.25. The fourth-order valence-corrected chi connectivity index (χ4v) is 11.1. The van der Waals surface area contributed by atoms with Gasteiger partial charge in [0.2, 0.25) is 0 Å². The van der Waals surface area contributed by atoms with Gasteiger partial charge in [0.25, 0.3) is 10.1 Å². The maximum absolute atomic E-state index is 13.4. The number of carbonyl (C=O) groups is 2. The van der Waals surface area contributed by atoms with Crippen molar-refractivity contribution in [2.75, 3.05) is 19.5 Å². The van der Waals surface area contributed by atoms with E-state index in [4.69, 9.17) is 18.9 Å². The van der Waals surface area contributed by atoms with Gasteiger partial charge in [0, 0.05) is 24.0 Å². The minimum absolute atomic E-state index is 0.265. The number of hydrogen-bond acceptors (Lipinski definition) is 8. The van der Waals surface area contributed by atoms with Gasteiger partial charge in [0.1, 0.15) is 16.4 Å². The number of esters is 2. The van der Waals surface area contributed by atoms with Crippen LogP contribution in [0.1, 0.15) is 12.8 Å². The smallest absolute Gasteiger partial charge is 0.347 e. The van der Waals surface area contributed by atoms with Crippen LogP contribution in [0.2, 0.25) is 0 Å². The number of hydrogen-bond donors (Lipinski definition) is 1. The third kappa shape index (κ3) is 7.28. The lowest BCUT2D eigenvalue weighted by Gasteiger charge is -2.38. The maximum atomic E-state index is 13.4. The molecule has 2 aliphatic rings. The SMILES string of the molecule is CS(c1ccccc1)(c1ccccc1)c1cccc(-c2cc(OC3CCOC3=O)ccc2-c2cccc(-c3ccc(OC4CCOC4=O)cc3)c2S(=O)(=O)O)c1. The van der Waals surface area contributed by atoms with Gasteiger partial charge >= 0.3 is 11.9 Å². The second-order valence-electron chi connectivity index (χ2n) is 13.6. The van der Waals surface area contributed by atoms with Crippen LogP contribution in [0.5, 0.6) is 11.5 Å². The first-order valence-corrected chi connectivity index (χ1v) is 21.6. The topological polar surface area (TPSA) is 125 Å². The first-order valence-electron chi connectivity index (χ1n) is 18.1. The molecule has 0 aromatic heterocycles. The Kier molecular flexibility index (Phi) is 10.1. The summed E-state index contributed by atoms with van der Waals surface area (Å²) in [6.45, 7) is 0.556. The van der Waals surface area contributed by atoms with Gasteiger partial charge in [-0.2, -0.15) is 18.4 Å². The largest absolute Gasteiger partial charge is 0.479 e. The fraction of sp³-hybridized carbons (Fsp3) is 0.156. The van der Waals surface area contributed by atoms with Crippen molar-refractivity contribution in [3.63, 3.8) is 0 Å². The monoisotopic (exact) mass is 786 g/mol. The van der Waals surface area contributed by atoms with Gasteiger partial charge in [-0.3, -0.25) is 4.55 Å². The average molecular weight is 787 g/mol. The van der Waals surface area contributed by atoms with Crippen molar-refractivity contribution in [2.45, 2.75) is 44.6 Å². The Morgan fingerprint density at radius 3 is 1.64 bits per heavy atom. The molecule has 2 fully saturated rings. The molecular weight excluding hydrogens is 749 g/mol. The first kappa shape index (κ1) is 37.1. The molecule has 0 amide bonds. The molecule has 56 heavy (non-hydrogen) atoms. The Bertz CT molecular complexity index is 2480. The third-order valence-corrected chi connectivity index (χ3v) is 14.7. The second kappa shape index (κ2) is 15.3. The molecule has 6 aromatic carbocycles. The van der Waals surface area contributed by atoms with Crippen LogP contribution in [0.15, 0.2) is 165 Å². The maximum Gasteiger partial charge on any atom is 0.347 e. The van der Waals surface area contributed by atoms with Crippen molar-refractivity contribution >= 4 is 32.1 Å². The molecule has 0 spiro atoms. The van der Waals surface area contributed by atoms with Crippen molar-refractivity contribution < 1.29 is 41.5 Å². The Labute approximate surface area is 326 Å². The van der Waals surface area contributed by atoms with E-state index in [1.165, 1.54) is 9.79 Å². The van der Waals surface area contributed by atoms with Crippen molar-refractivity contribution in [1.29, 1.82) is 0 Å². The van der Waals surface area contributed by atoms with Gasteiger partial charge in [-0.1, -0.05) is 84.9 Å². The molecule has 0 saturated carbocycles. The molecule has 2 saturated heterocycles. The Morgan fingerprint density at radius 2 is 1.07 bits per heavy atom. The van der Waals surface area contributed by atoms with Crippen LogP contribution in [0.4, 0.5) is 0 Å². The molecule has 0 bridgehead atoms. The van der Waals surface area contributed by atoms with Gasteiger partial charge in [-0.15, -0.1) is 0 Å². The highest BCUT2D eigenvalue weighted by molar-refractivity contribution is 8.33. The summed E-state index contributed by atoms with van der Waals surface area (Å²) in [5, 5.41) is 0. The number of benzene rings is 6. The van der Waals surface area contributed by atoms with E-state index in [0.29, 0.717) is 47.6 Å². The van der Waals surface area contributed by atoms with Crippen LogP contribution >= 0.6 is 10.0 Å². The summed E-state index contributed by atoms with van der Waals surface area (Å²) in [6, 6.07) is 45.8. The van der Waals surface area contributed by atoms with E-state index in [1.54, 1.807) is 60.7 Å². The van der Waals surface area contributed by atoms with E-state index in [9.17, 15) is 22.6 Å². The molecule has 11 heteroatoms. The normalized spacial score (nSPS) is 17.2. The van der Waals surface area contributed by atoms with Gasteiger partial charge in [0.05, 0.1) is 13.2 Å². The molecule has 0 aliphatic carbocycles. The van der Waals surface area contributed by atoms with Gasteiger partial charge in [0.15, 0.2) is 12.2 Å². The molecule has 1 N–H and O–H groups in total. The molecule has 0 radical (unpaired) electrons. The van der Waals surface area contributed by atoms with E-state index in [1.807, 2.05) is 48.5 Å². The minimum atomic E-state index is -4.82. The van der Waals surface area contributed by atoms with Crippen LogP contribution in [-0.4, -0.2) is 56.6 Å². The average Bonchev–Trinajstić information content (AvgIpc) is 3.83. The zero-order chi connectivity index (χ0) is 38.9. The summed E-state index contributed by atoms with van der Waals surface area (Å²) < 4.78 is 59.9. The van der Waals surface area contributed by atoms with E-state index in [2.05, 4.69) is 42.7 Å². The predicted molar refractivity (Wildman–Crippen MR) is 214 cm³/mol. The van der Waals surface area contributed by atoms with Crippen LogP contribution in [-0.2, 0) is 29.2 Å². The lowest BCUT2D eigenvalue weighted by atomic mass is 9.92. The zero-order valence-electron chi connectivity index (χ0n) is 30.4. The van der Waals surface area contributed by atoms with Crippen LogP contribution < -0.4 is 9.47 Å². The summed E-state index contributed by atoms with van der Waals surface area (Å²) in [7, 11) is -6.59. The quantitative estimate of drug-likeness (QED) is 0.101. The van der Waals surface area contributed by atoms with Crippen LogP contribution in [0, 0.1) is 0 Å². The molecule has 2 aliphatic heterocycles. The Balaban J connectivity index is 1.28.